The highest BCUT2D eigenvalue weighted by Crippen LogP contribution is 2.30. The van der Waals surface area contributed by atoms with Crippen LogP contribution in [0.25, 0.3) is 0 Å². The van der Waals surface area contributed by atoms with Crippen LogP contribution in [0.5, 0.6) is 0 Å². The Balaban J connectivity index is 1.74. The van der Waals surface area contributed by atoms with E-state index in [9.17, 15) is 13.2 Å². The zero-order valence-corrected chi connectivity index (χ0v) is 13.4. The fourth-order valence-electron chi connectivity index (χ4n) is 2.64. The van der Waals surface area contributed by atoms with Crippen molar-refractivity contribution in [1.82, 2.24) is 19.9 Å². The highest BCUT2D eigenvalue weighted by Gasteiger charge is 2.34. The van der Waals surface area contributed by atoms with E-state index in [1.807, 2.05) is 17.9 Å². The van der Waals surface area contributed by atoms with Gasteiger partial charge in [-0.05, 0) is 13.8 Å². The van der Waals surface area contributed by atoms with Crippen LogP contribution in [0.15, 0.2) is 18.5 Å². The SMILES string of the molecule is Cc1cc(N2CCN(c3cc(C(F)(F)F)nc(C)n3)CC2)ncn1. The van der Waals surface area contributed by atoms with Gasteiger partial charge in [-0.3, -0.25) is 0 Å². The van der Waals surface area contributed by atoms with Crippen molar-refractivity contribution in [3.05, 3.63) is 35.7 Å². The quantitative estimate of drug-likeness (QED) is 0.837. The average Bonchev–Trinajstić information content (AvgIpc) is 2.54. The van der Waals surface area contributed by atoms with E-state index >= 15 is 0 Å². The van der Waals surface area contributed by atoms with Crippen molar-refractivity contribution in [3.8, 4) is 0 Å². The van der Waals surface area contributed by atoms with Gasteiger partial charge in [0.05, 0.1) is 0 Å². The molecule has 0 bridgehead atoms. The molecular formula is C15H17F3N6. The lowest BCUT2D eigenvalue weighted by atomic mass is 10.2. The van der Waals surface area contributed by atoms with Gasteiger partial charge in [-0.25, -0.2) is 19.9 Å². The number of piperazine rings is 1. The summed E-state index contributed by atoms with van der Waals surface area (Å²) in [6, 6.07) is 2.91. The van der Waals surface area contributed by atoms with E-state index in [4.69, 9.17) is 0 Å². The maximum absolute atomic E-state index is 12.9. The summed E-state index contributed by atoms with van der Waals surface area (Å²) in [6.45, 7) is 5.80. The van der Waals surface area contributed by atoms with E-state index < -0.39 is 11.9 Å². The second kappa shape index (κ2) is 6.21. The number of anilines is 2. The van der Waals surface area contributed by atoms with Crippen molar-refractivity contribution in [1.29, 1.82) is 0 Å². The molecule has 0 spiro atoms. The summed E-state index contributed by atoms with van der Waals surface area (Å²) in [4.78, 5) is 19.9. The van der Waals surface area contributed by atoms with Crippen LogP contribution in [0.1, 0.15) is 17.2 Å². The molecule has 1 aliphatic rings. The Morgan fingerprint density at radius 2 is 1.50 bits per heavy atom. The molecule has 3 rings (SSSR count). The number of rotatable bonds is 2. The van der Waals surface area contributed by atoms with Crippen LogP contribution in [0.2, 0.25) is 0 Å². The van der Waals surface area contributed by atoms with E-state index in [-0.39, 0.29) is 5.82 Å². The van der Waals surface area contributed by atoms with Gasteiger partial charge in [0.2, 0.25) is 0 Å². The van der Waals surface area contributed by atoms with Crippen LogP contribution < -0.4 is 9.80 Å². The predicted octanol–water partition coefficient (Wildman–Crippen LogP) is 2.23. The molecular weight excluding hydrogens is 321 g/mol. The Hall–Kier alpha value is -2.45. The third-order valence-electron chi connectivity index (χ3n) is 3.83. The first-order valence-corrected chi connectivity index (χ1v) is 7.54. The largest absolute Gasteiger partial charge is 0.433 e. The standard InChI is InChI=1S/C15H17F3N6/c1-10-7-13(20-9-19-10)23-3-5-24(6-4-23)14-8-12(15(16,17)18)21-11(2)22-14/h7-9H,3-6H2,1-2H3. The summed E-state index contributed by atoms with van der Waals surface area (Å²) < 4.78 is 38.7. The zero-order valence-electron chi connectivity index (χ0n) is 13.4. The lowest BCUT2D eigenvalue weighted by Crippen LogP contribution is -2.47. The fraction of sp³-hybridized carbons (Fsp3) is 0.467. The maximum Gasteiger partial charge on any atom is 0.433 e. The van der Waals surface area contributed by atoms with E-state index in [0.29, 0.717) is 32.0 Å². The second-order valence-corrected chi connectivity index (χ2v) is 5.65. The van der Waals surface area contributed by atoms with Crippen molar-refractivity contribution in [3.63, 3.8) is 0 Å². The van der Waals surface area contributed by atoms with Gasteiger partial charge in [-0.1, -0.05) is 0 Å². The Kier molecular flexibility index (Phi) is 4.25. The van der Waals surface area contributed by atoms with Gasteiger partial charge in [0.1, 0.15) is 29.5 Å². The predicted molar refractivity (Wildman–Crippen MR) is 83.0 cm³/mol. The molecule has 0 saturated carbocycles. The summed E-state index contributed by atoms with van der Waals surface area (Å²) in [6.07, 6.45) is -2.96. The molecule has 0 N–H and O–H groups in total. The normalized spacial score (nSPS) is 15.7. The number of aromatic nitrogens is 4. The second-order valence-electron chi connectivity index (χ2n) is 5.65. The van der Waals surface area contributed by atoms with Crippen LogP contribution in [-0.4, -0.2) is 46.1 Å². The van der Waals surface area contributed by atoms with Crippen LogP contribution in [-0.2, 0) is 6.18 Å². The molecule has 0 aliphatic carbocycles. The average molecular weight is 338 g/mol. The molecule has 9 heteroatoms. The van der Waals surface area contributed by atoms with Crippen molar-refractivity contribution in [2.75, 3.05) is 36.0 Å². The molecule has 1 aliphatic heterocycles. The van der Waals surface area contributed by atoms with Gasteiger partial charge in [-0.15, -0.1) is 0 Å². The third-order valence-corrected chi connectivity index (χ3v) is 3.83. The lowest BCUT2D eigenvalue weighted by Gasteiger charge is -2.36. The maximum atomic E-state index is 12.9. The Morgan fingerprint density at radius 3 is 2.08 bits per heavy atom. The molecule has 0 unspecified atom stereocenters. The molecule has 1 fully saturated rings. The molecule has 2 aromatic heterocycles. The summed E-state index contributed by atoms with van der Waals surface area (Å²) in [5, 5.41) is 0. The highest BCUT2D eigenvalue weighted by molar-refractivity contribution is 5.45. The number of alkyl halides is 3. The van der Waals surface area contributed by atoms with Crippen molar-refractivity contribution < 1.29 is 13.2 Å². The lowest BCUT2D eigenvalue weighted by molar-refractivity contribution is -0.141. The fourth-order valence-corrected chi connectivity index (χ4v) is 2.64. The summed E-state index contributed by atoms with van der Waals surface area (Å²) in [5.74, 6) is 1.26. The highest BCUT2D eigenvalue weighted by atomic mass is 19.4. The first-order valence-electron chi connectivity index (χ1n) is 7.54. The Labute approximate surface area is 137 Å². The topological polar surface area (TPSA) is 58.0 Å². The minimum atomic E-state index is -4.47. The molecule has 3 heterocycles. The third kappa shape index (κ3) is 3.55. The van der Waals surface area contributed by atoms with Crippen molar-refractivity contribution in [2.24, 2.45) is 0 Å². The number of halogens is 3. The van der Waals surface area contributed by atoms with E-state index in [1.165, 1.54) is 13.3 Å². The van der Waals surface area contributed by atoms with Gasteiger partial charge in [-0.2, -0.15) is 13.2 Å². The Bertz CT molecular complexity index is 725. The van der Waals surface area contributed by atoms with Crippen molar-refractivity contribution in [2.45, 2.75) is 20.0 Å². The van der Waals surface area contributed by atoms with Crippen LogP contribution in [0.3, 0.4) is 0 Å². The molecule has 0 aromatic carbocycles. The summed E-state index contributed by atoms with van der Waals surface area (Å²) in [7, 11) is 0. The van der Waals surface area contributed by atoms with E-state index in [2.05, 4.69) is 24.8 Å². The number of aryl methyl sites for hydroxylation is 2. The van der Waals surface area contributed by atoms with Gasteiger partial charge in [0, 0.05) is 44.0 Å². The number of hydrogen-bond donors (Lipinski definition) is 0. The van der Waals surface area contributed by atoms with Crippen molar-refractivity contribution >= 4 is 11.6 Å². The first kappa shape index (κ1) is 16.4. The molecule has 2 aromatic rings. The van der Waals surface area contributed by atoms with Gasteiger partial charge >= 0.3 is 6.18 Å². The number of hydrogen-bond acceptors (Lipinski definition) is 6. The molecule has 128 valence electrons. The monoisotopic (exact) mass is 338 g/mol. The van der Waals surface area contributed by atoms with Gasteiger partial charge in [0.15, 0.2) is 0 Å². The minimum Gasteiger partial charge on any atom is -0.353 e. The Morgan fingerprint density at radius 1 is 0.875 bits per heavy atom. The molecule has 6 nitrogen and oxygen atoms in total. The molecule has 0 atom stereocenters. The van der Waals surface area contributed by atoms with E-state index in [0.717, 1.165) is 17.6 Å². The van der Waals surface area contributed by atoms with Crippen LogP contribution >= 0.6 is 0 Å². The molecule has 0 amide bonds. The summed E-state index contributed by atoms with van der Waals surface area (Å²) >= 11 is 0. The zero-order chi connectivity index (χ0) is 17.3. The molecule has 0 radical (unpaired) electrons. The van der Waals surface area contributed by atoms with Crippen LogP contribution in [0, 0.1) is 13.8 Å². The number of nitrogens with zero attached hydrogens (tertiary/aromatic N) is 6. The van der Waals surface area contributed by atoms with Gasteiger partial charge in [0.25, 0.3) is 0 Å². The first-order chi connectivity index (χ1) is 11.3. The van der Waals surface area contributed by atoms with E-state index in [1.54, 1.807) is 0 Å². The van der Waals surface area contributed by atoms with Crippen LogP contribution in [0.4, 0.5) is 24.8 Å². The summed E-state index contributed by atoms with van der Waals surface area (Å²) in [5.41, 5.74) is -0.0254. The minimum absolute atomic E-state index is 0.119. The molecule has 1 saturated heterocycles. The van der Waals surface area contributed by atoms with Gasteiger partial charge < -0.3 is 9.80 Å². The smallest absolute Gasteiger partial charge is 0.353 e. The molecule has 24 heavy (non-hydrogen) atoms.